The fourth-order valence-electron chi connectivity index (χ4n) is 3.95. The number of anilines is 1. The van der Waals surface area contributed by atoms with Crippen LogP contribution in [-0.4, -0.2) is 35.9 Å². The Morgan fingerprint density at radius 2 is 1.71 bits per heavy atom. The van der Waals surface area contributed by atoms with Gasteiger partial charge in [0.05, 0.1) is 21.5 Å². The number of hydrogen-bond donors (Lipinski definition) is 0. The van der Waals surface area contributed by atoms with E-state index in [4.69, 9.17) is 4.74 Å². The molecule has 0 atom stereocenters. The summed E-state index contributed by atoms with van der Waals surface area (Å²) in [6.45, 7) is -0.0230. The third-order valence-electron chi connectivity index (χ3n) is 5.69. The number of ether oxygens (including phenoxy) is 1. The summed E-state index contributed by atoms with van der Waals surface area (Å²) >= 11 is 0. The molecular weight excluding hydrogens is 456 g/mol. The summed E-state index contributed by atoms with van der Waals surface area (Å²) in [4.78, 5) is 25.0. The third-order valence-corrected chi connectivity index (χ3v) is 7.52. The first-order valence-electron chi connectivity index (χ1n) is 10.7. The first-order valence-corrected chi connectivity index (χ1v) is 12.1. The Hall–Kier alpha value is -4.05. The molecule has 10 heteroatoms. The lowest BCUT2D eigenvalue weighted by molar-refractivity contribution is 0.0336. The Kier molecular flexibility index (Phi) is 5.58. The van der Waals surface area contributed by atoms with E-state index in [1.54, 1.807) is 30.3 Å². The normalized spacial score (nSPS) is 13.5. The Morgan fingerprint density at radius 3 is 2.53 bits per heavy atom. The van der Waals surface area contributed by atoms with Gasteiger partial charge < -0.3 is 4.74 Å². The summed E-state index contributed by atoms with van der Waals surface area (Å²) in [6, 6.07) is 19.7. The van der Waals surface area contributed by atoms with Gasteiger partial charge in [0.2, 0.25) is 0 Å². The zero-order chi connectivity index (χ0) is 23.7. The molecule has 0 amide bonds. The van der Waals surface area contributed by atoms with Crippen molar-refractivity contribution < 1.29 is 17.9 Å². The number of aromatic nitrogens is 3. The molecule has 4 aromatic rings. The van der Waals surface area contributed by atoms with Crippen LogP contribution in [0.25, 0.3) is 10.9 Å². The second kappa shape index (κ2) is 8.71. The number of esters is 1. The average molecular weight is 477 g/mol. The van der Waals surface area contributed by atoms with Gasteiger partial charge in [-0.1, -0.05) is 35.5 Å². The molecule has 0 unspecified atom stereocenters. The van der Waals surface area contributed by atoms with Gasteiger partial charge in [0.1, 0.15) is 5.52 Å². The molecule has 0 bridgehead atoms. The van der Waals surface area contributed by atoms with Crippen LogP contribution in [0.4, 0.5) is 5.69 Å². The monoisotopic (exact) mass is 476 g/mol. The maximum absolute atomic E-state index is 13.2. The number of sulfonamides is 1. The number of rotatable bonds is 5. The number of carbonyl (C=O) groups excluding carboxylic acids is 1. The highest BCUT2D eigenvalue weighted by molar-refractivity contribution is 7.92. The van der Waals surface area contributed by atoms with E-state index in [9.17, 15) is 18.0 Å². The molecule has 1 aliphatic heterocycles. The second-order valence-corrected chi connectivity index (χ2v) is 9.67. The van der Waals surface area contributed by atoms with Crippen molar-refractivity contribution in [1.82, 2.24) is 15.0 Å². The summed E-state index contributed by atoms with van der Waals surface area (Å²) in [5, 5.41) is 8.09. The molecule has 1 aromatic heterocycles. The molecule has 0 spiro atoms. The van der Waals surface area contributed by atoms with Crippen molar-refractivity contribution in [1.29, 1.82) is 0 Å². The minimum Gasteiger partial charge on any atom is -0.439 e. The lowest BCUT2D eigenvalue weighted by Crippen LogP contribution is -2.35. The van der Waals surface area contributed by atoms with E-state index in [0.29, 0.717) is 23.1 Å². The number of para-hydroxylation sites is 1. The van der Waals surface area contributed by atoms with Gasteiger partial charge in [-0.3, -0.25) is 9.10 Å². The summed E-state index contributed by atoms with van der Waals surface area (Å²) in [7, 11) is -3.78. The zero-order valence-electron chi connectivity index (χ0n) is 18.0. The number of benzene rings is 3. The van der Waals surface area contributed by atoms with E-state index in [-0.39, 0.29) is 10.5 Å². The SMILES string of the molecule is O=C(OCn1nnc2ccccc2c1=O)c1ccc(S(=O)(=O)N2CCCc3ccccc32)cc1. The smallest absolute Gasteiger partial charge is 0.339 e. The van der Waals surface area contributed by atoms with Crippen LogP contribution in [0.5, 0.6) is 0 Å². The van der Waals surface area contributed by atoms with E-state index in [2.05, 4.69) is 10.3 Å². The van der Waals surface area contributed by atoms with Crippen molar-refractivity contribution in [2.75, 3.05) is 10.8 Å². The van der Waals surface area contributed by atoms with Crippen molar-refractivity contribution in [3.63, 3.8) is 0 Å². The highest BCUT2D eigenvalue weighted by Gasteiger charge is 2.29. The summed E-state index contributed by atoms with van der Waals surface area (Å²) in [5.41, 5.74) is 1.84. The van der Waals surface area contributed by atoms with E-state index in [1.807, 2.05) is 18.2 Å². The highest BCUT2D eigenvalue weighted by Crippen LogP contribution is 2.31. The minimum atomic E-state index is -3.78. The Balaban J connectivity index is 1.32. The third kappa shape index (κ3) is 3.92. The van der Waals surface area contributed by atoms with Gasteiger partial charge >= 0.3 is 5.97 Å². The van der Waals surface area contributed by atoms with Gasteiger partial charge in [-0.05, 0) is 60.9 Å². The molecule has 0 saturated carbocycles. The van der Waals surface area contributed by atoms with Crippen LogP contribution in [0.2, 0.25) is 0 Å². The van der Waals surface area contributed by atoms with Gasteiger partial charge in [0.15, 0.2) is 6.73 Å². The number of carbonyl (C=O) groups is 1. The quantitative estimate of drug-likeness (QED) is 0.407. The van der Waals surface area contributed by atoms with E-state index >= 15 is 0 Å². The molecular formula is C24H20N4O5S. The topological polar surface area (TPSA) is 111 Å². The fourth-order valence-corrected chi connectivity index (χ4v) is 5.49. The van der Waals surface area contributed by atoms with Gasteiger partial charge in [-0.25, -0.2) is 13.2 Å². The average Bonchev–Trinajstić information content (AvgIpc) is 2.88. The second-order valence-electron chi connectivity index (χ2n) is 7.81. The van der Waals surface area contributed by atoms with Crippen LogP contribution in [-0.2, 0) is 27.9 Å². The Morgan fingerprint density at radius 1 is 0.971 bits per heavy atom. The van der Waals surface area contributed by atoms with Crippen LogP contribution in [0.15, 0.2) is 82.5 Å². The van der Waals surface area contributed by atoms with Crippen molar-refractivity contribution in [2.45, 2.75) is 24.5 Å². The molecule has 0 fully saturated rings. The Labute approximate surface area is 195 Å². The van der Waals surface area contributed by atoms with E-state index in [1.165, 1.54) is 28.6 Å². The Bertz CT molecular complexity index is 1550. The van der Waals surface area contributed by atoms with Crippen LogP contribution in [0.3, 0.4) is 0 Å². The van der Waals surface area contributed by atoms with Gasteiger partial charge in [0.25, 0.3) is 15.6 Å². The number of aryl methyl sites for hydroxylation is 1. The summed E-state index contributed by atoms with van der Waals surface area (Å²) in [6.07, 6.45) is 1.56. The molecule has 5 rings (SSSR count). The first kappa shape index (κ1) is 21.8. The lowest BCUT2D eigenvalue weighted by atomic mass is 10.0. The van der Waals surface area contributed by atoms with Crippen molar-refractivity contribution in [2.24, 2.45) is 0 Å². The summed E-state index contributed by atoms with van der Waals surface area (Å²) in [5.74, 6) is -0.714. The van der Waals surface area contributed by atoms with Crippen LogP contribution in [0.1, 0.15) is 22.3 Å². The van der Waals surface area contributed by atoms with Crippen molar-refractivity contribution >= 4 is 32.6 Å². The molecule has 0 saturated heterocycles. The maximum Gasteiger partial charge on any atom is 0.339 e. The predicted octanol–water partition coefficient (Wildman–Crippen LogP) is 2.75. The van der Waals surface area contributed by atoms with Crippen LogP contribution >= 0.6 is 0 Å². The molecule has 172 valence electrons. The van der Waals surface area contributed by atoms with E-state index < -0.39 is 28.3 Å². The summed E-state index contributed by atoms with van der Waals surface area (Å²) < 4.78 is 34.0. The van der Waals surface area contributed by atoms with Gasteiger partial charge in [-0.15, -0.1) is 5.10 Å². The van der Waals surface area contributed by atoms with Crippen LogP contribution in [0, 0.1) is 0 Å². The van der Waals surface area contributed by atoms with Crippen molar-refractivity contribution in [3.05, 3.63) is 94.3 Å². The van der Waals surface area contributed by atoms with E-state index in [0.717, 1.165) is 23.1 Å². The van der Waals surface area contributed by atoms with Gasteiger partial charge in [-0.2, -0.15) is 4.68 Å². The maximum atomic E-state index is 13.2. The zero-order valence-corrected chi connectivity index (χ0v) is 18.8. The van der Waals surface area contributed by atoms with Crippen LogP contribution < -0.4 is 9.86 Å². The molecule has 0 radical (unpaired) electrons. The molecule has 0 N–H and O–H groups in total. The number of fused-ring (bicyclic) bond motifs is 2. The molecule has 0 aliphatic carbocycles. The molecule has 3 aromatic carbocycles. The number of nitrogens with zero attached hydrogens (tertiary/aromatic N) is 4. The van der Waals surface area contributed by atoms with Gasteiger partial charge in [0, 0.05) is 6.54 Å². The molecule has 1 aliphatic rings. The molecule has 2 heterocycles. The lowest BCUT2D eigenvalue weighted by Gasteiger charge is -2.30. The first-order chi connectivity index (χ1) is 16.4. The number of hydrogen-bond acceptors (Lipinski definition) is 7. The largest absolute Gasteiger partial charge is 0.439 e. The fraction of sp³-hybridized carbons (Fsp3) is 0.167. The molecule has 9 nitrogen and oxygen atoms in total. The highest BCUT2D eigenvalue weighted by atomic mass is 32.2. The molecule has 34 heavy (non-hydrogen) atoms. The predicted molar refractivity (Wildman–Crippen MR) is 125 cm³/mol. The van der Waals surface area contributed by atoms with Crippen molar-refractivity contribution in [3.8, 4) is 0 Å². The minimum absolute atomic E-state index is 0.0809. The standard InChI is InChI=1S/C24H20N4O5S/c29-23-20-8-2-3-9-21(20)25-26-27(23)16-33-24(30)18-11-13-19(14-12-18)34(31,32)28-15-5-7-17-6-1-4-10-22(17)28/h1-4,6,8-14H,5,7,15-16H2.